The monoisotopic (exact) mass is 1140 g/mol. The Kier molecular flexibility index (Phi) is 11.9. The summed E-state index contributed by atoms with van der Waals surface area (Å²) in [6.07, 6.45) is -3.22. The van der Waals surface area contributed by atoms with Gasteiger partial charge in [0.05, 0.1) is 22.4 Å². The Morgan fingerprint density at radius 2 is 1.29 bits per heavy atom. The van der Waals surface area contributed by atoms with E-state index in [1.54, 1.807) is 18.2 Å². The van der Waals surface area contributed by atoms with Gasteiger partial charge in [-0.05, 0) is 123 Å². The number of rotatable bonds is 8. The van der Waals surface area contributed by atoms with Gasteiger partial charge in [-0.15, -0.1) is 48.0 Å². The molecule has 361 valence electrons. The molecule has 9 heteroatoms. The molecule has 4 nitrogen and oxygen atoms in total. The molecule has 1 radical (unpaired) electrons. The molecule has 8 aromatic carbocycles. The summed E-state index contributed by atoms with van der Waals surface area (Å²) >= 11 is 0. The number of pyridine rings is 1. The molecule has 0 bridgehead atoms. The Balaban J connectivity index is 0.000000297. The Labute approximate surface area is 438 Å². The number of alkyl halides is 3. The first kappa shape index (κ1) is 42.3. The number of benzene rings is 8. The molecule has 72 heavy (non-hydrogen) atoms. The van der Waals surface area contributed by atoms with E-state index < -0.39 is 31.3 Å². The van der Waals surface area contributed by atoms with Crippen LogP contribution < -0.4 is 0 Å². The van der Waals surface area contributed by atoms with Crippen molar-refractivity contribution in [1.29, 1.82) is 0 Å². The van der Waals surface area contributed by atoms with Crippen LogP contribution in [0.5, 0.6) is 0 Å². The summed E-state index contributed by atoms with van der Waals surface area (Å²) in [6, 6.07) is 57.0. The topological polar surface area (TPSA) is 43.9 Å². The van der Waals surface area contributed by atoms with Crippen molar-refractivity contribution in [3.05, 3.63) is 222 Å². The standard InChI is InChI=1S/C50H40FN2O.C13H9F3N.Ir/c1-30(2)42-28-37(35-21-19-34(20-22-35)33-12-7-6-8-13-33)29-43(31(3)4)47(42)53-45-17-10-9-16-44(45)52-50(53)41-15-11-14-39-40-27-18-32(5)46(49(40)54-48(39)41)36-23-25-38(51)26-24-36;1-9-2-7-12(17-8-9)10-3-5-11(6-4-10)13(14,15)16;/h6-14,16-31H,1-5H3;2-3,5-8H,1H3;/q2*-1;/i5D3;1D3;. The molecule has 0 aliphatic heterocycles. The van der Waals surface area contributed by atoms with E-state index in [2.05, 4.69) is 116 Å². The van der Waals surface area contributed by atoms with E-state index in [-0.39, 0.29) is 43.1 Å². The molecular weight excluding hydrogens is 1080 g/mol. The fourth-order valence-electron chi connectivity index (χ4n) is 9.08. The fourth-order valence-corrected chi connectivity index (χ4v) is 9.08. The van der Waals surface area contributed by atoms with Crippen molar-refractivity contribution < 1.29 is 50.3 Å². The minimum absolute atomic E-state index is 0. The maximum Gasteiger partial charge on any atom is 0.381 e. The number of hydrogen-bond acceptors (Lipinski definition) is 3. The first-order valence-electron chi connectivity index (χ1n) is 26.2. The molecule has 11 rings (SSSR count). The molecule has 3 aromatic heterocycles. The number of nitrogens with zero attached hydrogens (tertiary/aromatic N) is 3. The molecule has 0 fully saturated rings. The molecule has 11 aromatic rings. The zero-order valence-electron chi connectivity index (χ0n) is 45.5. The van der Waals surface area contributed by atoms with E-state index in [0.717, 1.165) is 50.8 Å². The molecule has 0 spiro atoms. The van der Waals surface area contributed by atoms with Gasteiger partial charge in [-0.25, -0.2) is 4.39 Å². The third-order valence-corrected chi connectivity index (χ3v) is 12.7. The summed E-state index contributed by atoms with van der Waals surface area (Å²) < 4.78 is 107. The van der Waals surface area contributed by atoms with Crippen molar-refractivity contribution in [2.75, 3.05) is 0 Å². The largest absolute Gasteiger partial charge is 0.500 e. The molecule has 0 amide bonds. The van der Waals surface area contributed by atoms with Crippen LogP contribution in [0.3, 0.4) is 0 Å². The summed E-state index contributed by atoms with van der Waals surface area (Å²) in [6.45, 7) is 4.24. The van der Waals surface area contributed by atoms with Crippen LogP contribution in [0.25, 0.3) is 94.7 Å². The Morgan fingerprint density at radius 3 is 1.92 bits per heavy atom. The summed E-state index contributed by atoms with van der Waals surface area (Å²) in [5, 5.41) is 1.56. The Hall–Kier alpha value is -7.45. The van der Waals surface area contributed by atoms with E-state index >= 15 is 0 Å². The van der Waals surface area contributed by atoms with Crippen LogP contribution in [0.1, 0.15) is 75.6 Å². The number of imidazole rings is 1. The molecule has 0 atom stereocenters. The van der Waals surface area contributed by atoms with Gasteiger partial charge in [-0.3, -0.25) is 4.98 Å². The molecular formula is C63H49F4IrN3O-2. The van der Waals surface area contributed by atoms with Gasteiger partial charge in [-0.2, -0.15) is 13.2 Å². The Bertz CT molecular complexity index is 3840. The molecule has 0 saturated carbocycles. The number of halogens is 4. The third kappa shape index (κ3) is 9.67. The second-order valence-electron chi connectivity index (χ2n) is 18.0. The van der Waals surface area contributed by atoms with Gasteiger partial charge in [-0.1, -0.05) is 142 Å². The summed E-state index contributed by atoms with van der Waals surface area (Å²) in [4.78, 5) is 9.22. The first-order chi connectivity index (χ1) is 36.7. The van der Waals surface area contributed by atoms with Crippen molar-refractivity contribution in [3.8, 4) is 61.7 Å². The van der Waals surface area contributed by atoms with Crippen molar-refractivity contribution in [2.24, 2.45) is 0 Å². The predicted molar refractivity (Wildman–Crippen MR) is 280 cm³/mol. The van der Waals surface area contributed by atoms with E-state index in [9.17, 15) is 17.6 Å². The molecule has 0 saturated heterocycles. The minimum atomic E-state index is -4.41. The number of fused-ring (bicyclic) bond motifs is 4. The smallest absolute Gasteiger partial charge is 0.381 e. The number of aryl methyl sites for hydroxylation is 2. The van der Waals surface area contributed by atoms with Gasteiger partial charge in [0.2, 0.25) is 0 Å². The molecule has 3 heterocycles. The third-order valence-electron chi connectivity index (χ3n) is 12.7. The van der Waals surface area contributed by atoms with Crippen LogP contribution >= 0.6 is 0 Å². The van der Waals surface area contributed by atoms with Crippen LogP contribution in [-0.2, 0) is 26.3 Å². The van der Waals surface area contributed by atoms with Crippen molar-refractivity contribution in [1.82, 2.24) is 14.5 Å². The van der Waals surface area contributed by atoms with Gasteiger partial charge < -0.3 is 14.0 Å². The van der Waals surface area contributed by atoms with Gasteiger partial charge >= 0.3 is 6.18 Å². The Morgan fingerprint density at radius 1 is 0.639 bits per heavy atom. The number of para-hydroxylation sites is 2. The summed E-state index contributed by atoms with van der Waals surface area (Å²) in [5.41, 5.74) is 12.6. The fraction of sp³-hybridized carbons (Fsp3) is 0.143. The SMILES string of the molecule is [2H]C([2H])([2H])c1ccc(-c2[c-]cc(C(F)(F)F)cc2)nc1.[2H]C([2H])([2H])c1ccc2c(oc3c(-c4nc5ccccc5n4-c4c(C(C)C)cc(-c5ccc(-c6ccccc6)cc5)cc4C(C)C)[c-]ccc32)c1-c1ccc(F)cc1.[Ir]. The van der Waals surface area contributed by atoms with E-state index in [1.807, 2.05) is 42.5 Å². The van der Waals surface area contributed by atoms with E-state index in [0.29, 0.717) is 44.9 Å². The number of aromatic nitrogens is 3. The van der Waals surface area contributed by atoms with Crippen LogP contribution in [-0.4, -0.2) is 14.5 Å². The predicted octanol–water partition coefficient (Wildman–Crippen LogP) is 18.0. The maximum absolute atomic E-state index is 14.1. The average molecular weight is 1140 g/mol. The normalized spacial score (nSPS) is 13.2. The number of hydrogen-bond donors (Lipinski definition) is 0. The average Bonchev–Trinajstić information content (AvgIpc) is 4.12. The van der Waals surface area contributed by atoms with Crippen molar-refractivity contribution in [3.63, 3.8) is 0 Å². The summed E-state index contributed by atoms with van der Waals surface area (Å²) in [5.74, 6) is 0.594. The van der Waals surface area contributed by atoms with Crippen LogP contribution in [0, 0.1) is 31.7 Å². The second-order valence-corrected chi connectivity index (χ2v) is 18.0. The van der Waals surface area contributed by atoms with Crippen molar-refractivity contribution >= 4 is 33.0 Å². The molecule has 0 N–H and O–H groups in total. The maximum atomic E-state index is 14.1. The molecule has 0 unspecified atom stereocenters. The van der Waals surface area contributed by atoms with Gasteiger partial charge in [0.1, 0.15) is 11.4 Å². The van der Waals surface area contributed by atoms with E-state index in [1.165, 1.54) is 58.8 Å². The second kappa shape index (κ2) is 20.3. The van der Waals surface area contributed by atoms with Crippen LogP contribution in [0.2, 0.25) is 0 Å². The van der Waals surface area contributed by atoms with Gasteiger partial charge in [0, 0.05) is 51.2 Å². The van der Waals surface area contributed by atoms with Gasteiger partial charge in [0.25, 0.3) is 0 Å². The van der Waals surface area contributed by atoms with Crippen molar-refractivity contribution in [2.45, 2.75) is 59.4 Å². The zero-order valence-corrected chi connectivity index (χ0v) is 41.9. The van der Waals surface area contributed by atoms with Crippen LogP contribution in [0.4, 0.5) is 17.6 Å². The summed E-state index contributed by atoms with van der Waals surface area (Å²) in [7, 11) is 0. The van der Waals surface area contributed by atoms with E-state index in [4.69, 9.17) is 17.6 Å². The number of furan rings is 1. The van der Waals surface area contributed by atoms with Crippen LogP contribution in [0.15, 0.2) is 180 Å². The zero-order chi connectivity index (χ0) is 54.6. The first-order valence-corrected chi connectivity index (χ1v) is 23.2. The molecule has 0 aliphatic carbocycles. The van der Waals surface area contributed by atoms with Gasteiger partial charge in [0.15, 0.2) is 0 Å². The molecule has 0 aliphatic rings. The quantitative estimate of drug-likeness (QED) is 0.112. The minimum Gasteiger partial charge on any atom is -0.500 e.